The van der Waals surface area contributed by atoms with E-state index in [0.717, 1.165) is 0 Å². The highest BCUT2D eigenvalue weighted by Crippen LogP contribution is 2.38. The van der Waals surface area contributed by atoms with Crippen molar-refractivity contribution in [3.05, 3.63) is 22.7 Å². The van der Waals surface area contributed by atoms with Crippen LogP contribution in [0.2, 0.25) is 0 Å². The van der Waals surface area contributed by atoms with Crippen LogP contribution < -0.4 is 11.3 Å². The van der Waals surface area contributed by atoms with Crippen LogP contribution in [0.3, 0.4) is 0 Å². The lowest BCUT2D eigenvalue weighted by Crippen LogP contribution is -2.33. The molecule has 1 aliphatic heterocycles. The van der Waals surface area contributed by atoms with Crippen LogP contribution in [0, 0.1) is 0 Å². The van der Waals surface area contributed by atoms with Crippen molar-refractivity contribution in [1.29, 1.82) is 0 Å². The van der Waals surface area contributed by atoms with Crippen molar-refractivity contribution in [3.8, 4) is 0 Å². The van der Waals surface area contributed by atoms with Crippen molar-refractivity contribution < 1.29 is 33.8 Å². The topological polar surface area (TPSA) is 193 Å². The molecule has 12 nitrogen and oxygen atoms in total. The zero-order valence-electron chi connectivity index (χ0n) is 12.0. The van der Waals surface area contributed by atoms with Gasteiger partial charge >= 0.3 is 7.82 Å². The summed E-state index contributed by atoms with van der Waals surface area (Å²) in [6.07, 6.45) is -4.00. The molecule has 0 unspecified atom stereocenters. The van der Waals surface area contributed by atoms with Crippen LogP contribution in [0.15, 0.2) is 17.2 Å². The van der Waals surface area contributed by atoms with E-state index >= 15 is 0 Å². The third kappa shape index (κ3) is 3.08. The molecule has 0 saturated carbocycles. The summed E-state index contributed by atoms with van der Waals surface area (Å²) >= 11 is 0. The fourth-order valence-electron chi connectivity index (χ4n) is 2.53. The number of aromatic amines is 1. The Bertz CT molecular complexity index is 859. The number of nitrogen functional groups attached to an aromatic ring is 1. The van der Waals surface area contributed by atoms with Gasteiger partial charge in [-0.2, -0.15) is 0 Å². The molecule has 7 N–H and O–H groups in total. The van der Waals surface area contributed by atoms with E-state index in [1.807, 2.05) is 0 Å². The molecule has 0 bridgehead atoms. The third-order valence-electron chi connectivity index (χ3n) is 3.62. The van der Waals surface area contributed by atoms with Gasteiger partial charge in [0.1, 0.15) is 24.1 Å². The average molecular weight is 362 g/mol. The summed E-state index contributed by atoms with van der Waals surface area (Å²) in [4.78, 5) is 35.5. The van der Waals surface area contributed by atoms with E-state index in [4.69, 9.17) is 20.3 Å². The fraction of sp³-hybridized carbons (Fsp3) is 0.455. The van der Waals surface area contributed by atoms with Crippen LogP contribution in [0.5, 0.6) is 0 Å². The van der Waals surface area contributed by atoms with Crippen molar-refractivity contribution in [3.63, 3.8) is 0 Å². The normalized spacial score (nSPS) is 27.8. The molecule has 3 rings (SSSR count). The molecule has 24 heavy (non-hydrogen) atoms. The first-order valence-electron chi connectivity index (χ1n) is 6.74. The Morgan fingerprint density at radius 3 is 2.79 bits per heavy atom. The maximum atomic E-state index is 11.8. The monoisotopic (exact) mass is 362 g/mol. The molecule has 1 fully saturated rings. The van der Waals surface area contributed by atoms with E-state index < -0.39 is 44.5 Å². The van der Waals surface area contributed by atoms with E-state index in [9.17, 15) is 19.6 Å². The number of anilines is 1. The molecule has 0 spiro atoms. The number of aromatic nitrogens is 3. The average Bonchev–Trinajstić information content (AvgIpc) is 3.00. The molecule has 0 aliphatic carbocycles. The van der Waals surface area contributed by atoms with Crippen LogP contribution >= 0.6 is 7.82 Å². The maximum absolute atomic E-state index is 11.8. The highest BCUT2D eigenvalue weighted by atomic mass is 31.2. The molecule has 1 aliphatic rings. The van der Waals surface area contributed by atoms with Crippen molar-refractivity contribution in [2.45, 2.75) is 24.5 Å². The first kappa shape index (κ1) is 17.0. The predicted molar refractivity (Wildman–Crippen MR) is 78.7 cm³/mol. The number of phosphoric acid groups is 1. The Morgan fingerprint density at radius 1 is 1.42 bits per heavy atom. The van der Waals surface area contributed by atoms with Crippen LogP contribution in [0.1, 0.15) is 6.23 Å². The van der Waals surface area contributed by atoms with Crippen molar-refractivity contribution in [1.82, 2.24) is 14.5 Å². The third-order valence-corrected chi connectivity index (χ3v) is 4.10. The van der Waals surface area contributed by atoms with E-state index in [-0.39, 0.29) is 16.9 Å². The number of ether oxygens (including phenoxy) is 1. The smallest absolute Gasteiger partial charge is 0.387 e. The highest BCUT2D eigenvalue weighted by Gasteiger charge is 2.45. The summed E-state index contributed by atoms with van der Waals surface area (Å²) in [7, 11) is -4.75. The van der Waals surface area contributed by atoms with Gasteiger partial charge in [0.2, 0.25) is 0 Å². The first-order chi connectivity index (χ1) is 11.2. The standard InChI is InChI=1S/C11H15N4O8P/c12-6-1-4-7(10(18)14-6)13-3-15(4)11-9(17)8(16)5(23-11)2-22-24(19,20)21/h1,3,5,8-9,11,16-17H,2H2,(H3,12,14,18)(H2,19,20,21)/t5-,8-,9-,11-/m1/s1. The number of rotatable bonds is 4. The molecule has 2 aromatic heterocycles. The number of aliphatic hydroxyl groups is 2. The lowest BCUT2D eigenvalue weighted by Gasteiger charge is -2.17. The zero-order chi connectivity index (χ0) is 17.6. The Kier molecular flexibility index (Phi) is 4.21. The number of H-pyrrole nitrogens is 1. The zero-order valence-corrected chi connectivity index (χ0v) is 12.9. The molecule has 4 atom stereocenters. The molecule has 0 aromatic carbocycles. The van der Waals surface area contributed by atoms with E-state index in [1.165, 1.54) is 17.0 Å². The maximum Gasteiger partial charge on any atom is 0.469 e. The molecule has 2 aromatic rings. The molecule has 13 heteroatoms. The van der Waals surface area contributed by atoms with Crippen molar-refractivity contribution >= 4 is 24.7 Å². The minimum Gasteiger partial charge on any atom is -0.387 e. The molecular weight excluding hydrogens is 347 g/mol. The Labute approximate surface area is 133 Å². The molecule has 1 saturated heterocycles. The van der Waals surface area contributed by atoms with Crippen LogP contribution in [0.4, 0.5) is 5.82 Å². The van der Waals surface area contributed by atoms with Crippen LogP contribution in [-0.4, -0.2) is 59.5 Å². The van der Waals surface area contributed by atoms with Gasteiger partial charge in [0.25, 0.3) is 5.56 Å². The van der Waals surface area contributed by atoms with E-state index in [0.29, 0.717) is 0 Å². The quantitative estimate of drug-likeness (QED) is 0.332. The van der Waals surface area contributed by atoms with Gasteiger partial charge in [-0.1, -0.05) is 0 Å². The summed E-state index contributed by atoms with van der Waals surface area (Å²) in [5.74, 6) is 0.0728. The number of imidazole rings is 1. The number of aliphatic hydroxyl groups excluding tert-OH is 2. The number of pyridine rings is 1. The molecule has 3 heterocycles. The summed E-state index contributed by atoms with van der Waals surface area (Å²) in [6, 6.07) is 1.41. The number of phosphoric ester groups is 1. The van der Waals surface area contributed by atoms with Gasteiger partial charge in [-0.25, -0.2) is 9.55 Å². The highest BCUT2D eigenvalue weighted by molar-refractivity contribution is 7.46. The van der Waals surface area contributed by atoms with Gasteiger partial charge in [0.15, 0.2) is 11.7 Å². The molecular formula is C11H15N4O8P. The minimum absolute atomic E-state index is 0.0596. The van der Waals surface area contributed by atoms with Gasteiger partial charge in [0.05, 0.1) is 18.5 Å². The van der Waals surface area contributed by atoms with E-state index in [1.54, 1.807) is 0 Å². The minimum atomic E-state index is -4.75. The van der Waals surface area contributed by atoms with Gasteiger partial charge in [-0.15, -0.1) is 0 Å². The van der Waals surface area contributed by atoms with Crippen molar-refractivity contribution in [2.75, 3.05) is 12.3 Å². The van der Waals surface area contributed by atoms with Gasteiger partial charge in [-0.05, 0) is 0 Å². The number of nitrogens with one attached hydrogen (secondary N) is 1. The predicted octanol–water partition coefficient (Wildman–Crippen LogP) is -1.96. The van der Waals surface area contributed by atoms with E-state index in [2.05, 4.69) is 14.5 Å². The number of nitrogens with two attached hydrogens (primary N) is 1. The van der Waals surface area contributed by atoms with Gasteiger partial charge in [0, 0.05) is 6.07 Å². The number of nitrogens with zero attached hydrogens (tertiary/aromatic N) is 2. The molecule has 0 amide bonds. The Balaban J connectivity index is 1.90. The second-order valence-corrected chi connectivity index (χ2v) is 6.51. The Hall–Kier alpha value is -1.79. The van der Waals surface area contributed by atoms with Gasteiger partial charge in [-0.3, -0.25) is 9.32 Å². The summed E-state index contributed by atoms with van der Waals surface area (Å²) in [5.41, 5.74) is 5.38. The fourth-order valence-corrected chi connectivity index (χ4v) is 2.87. The van der Waals surface area contributed by atoms with Gasteiger partial charge < -0.3 is 40.0 Å². The summed E-state index contributed by atoms with van der Waals surface area (Å²) in [6.45, 7) is -0.631. The Morgan fingerprint density at radius 2 is 2.12 bits per heavy atom. The molecule has 132 valence electrons. The second kappa shape index (κ2) is 5.93. The SMILES string of the molecule is Nc1cc2c(ncn2[C@@H]2O[C@H](COP(=O)(O)O)[C@@H](O)[C@H]2O)c(=O)[nH]1. The molecule has 0 radical (unpaired) electrons. The van der Waals surface area contributed by atoms with Crippen LogP contribution in [-0.2, 0) is 13.8 Å². The van der Waals surface area contributed by atoms with Crippen LogP contribution in [0.25, 0.3) is 11.0 Å². The van der Waals surface area contributed by atoms with Crippen molar-refractivity contribution in [2.24, 2.45) is 0 Å². The first-order valence-corrected chi connectivity index (χ1v) is 8.27. The lowest BCUT2D eigenvalue weighted by atomic mass is 10.1. The number of hydrogen-bond acceptors (Lipinski definition) is 8. The lowest BCUT2D eigenvalue weighted by molar-refractivity contribution is -0.0501. The number of fused-ring (bicyclic) bond motifs is 1. The largest absolute Gasteiger partial charge is 0.469 e. The summed E-state index contributed by atoms with van der Waals surface area (Å²) in [5, 5.41) is 20.1. The second-order valence-electron chi connectivity index (χ2n) is 5.27. The summed E-state index contributed by atoms with van der Waals surface area (Å²) < 4.78 is 21.7. The number of hydrogen-bond donors (Lipinski definition) is 6.